The highest BCUT2D eigenvalue weighted by atomic mass is 19.3. The maximum absolute atomic E-state index is 13.2. The van der Waals surface area contributed by atoms with Gasteiger partial charge in [-0.05, 0) is 31.9 Å². The van der Waals surface area contributed by atoms with E-state index >= 15 is 0 Å². The van der Waals surface area contributed by atoms with E-state index in [1.54, 1.807) is 17.0 Å². The Kier molecular flexibility index (Phi) is 4.11. The first-order valence-electron chi connectivity index (χ1n) is 7.64. The summed E-state index contributed by atoms with van der Waals surface area (Å²) in [7, 11) is 0. The maximum Gasteiger partial charge on any atom is 0.252 e. The minimum absolute atomic E-state index is 0.0122. The molecule has 0 atom stereocenters. The molecule has 1 saturated carbocycles. The molecular weight excluding hydrogens is 300 g/mol. The fourth-order valence-electron chi connectivity index (χ4n) is 2.68. The molecule has 23 heavy (non-hydrogen) atoms. The fourth-order valence-corrected chi connectivity index (χ4v) is 2.68. The van der Waals surface area contributed by atoms with Crippen molar-refractivity contribution in [1.29, 1.82) is 0 Å². The number of nitrogens with zero attached hydrogens (tertiary/aromatic N) is 4. The zero-order valence-corrected chi connectivity index (χ0v) is 13.0. The van der Waals surface area contributed by atoms with Crippen molar-refractivity contribution < 1.29 is 8.78 Å². The van der Waals surface area contributed by atoms with Gasteiger partial charge in [-0.3, -0.25) is 0 Å². The molecule has 0 radical (unpaired) electrons. The van der Waals surface area contributed by atoms with E-state index in [9.17, 15) is 8.78 Å². The molecule has 1 aliphatic carbocycles. The summed E-state index contributed by atoms with van der Waals surface area (Å²) in [6.45, 7) is 5.54. The minimum Gasteiger partial charge on any atom is -0.367 e. The van der Waals surface area contributed by atoms with E-state index in [1.807, 2.05) is 19.1 Å². The first-order chi connectivity index (χ1) is 10.9. The molecular formula is C16H19F2N5. The van der Waals surface area contributed by atoms with Crippen molar-refractivity contribution in [2.45, 2.75) is 44.6 Å². The van der Waals surface area contributed by atoms with Gasteiger partial charge in [0.25, 0.3) is 5.95 Å². The molecule has 122 valence electrons. The van der Waals surface area contributed by atoms with Gasteiger partial charge in [0.2, 0.25) is 5.92 Å². The predicted octanol–water partition coefficient (Wildman–Crippen LogP) is 3.60. The van der Waals surface area contributed by atoms with Crippen LogP contribution in [-0.4, -0.2) is 31.7 Å². The molecule has 2 aromatic rings. The van der Waals surface area contributed by atoms with Gasteiger partial charge in [-0.1, -0.05) is 6.58 Å². The summed E-state index contributed by atoms with van der Waals surface area (Å²) >= 11 is 0. The van der Waals surface area contributed by atoms with Crippen LogP contribution in [0.15, 0.2) is 24.9 Å². The lowest BCUT2D eigenvalue weighted by molar-refractivity contribution is -0.0361. The van der Waals surface area contributed by atoms with Gasteiger partial charge in [-0.25, -0.2) is 18.4 Å². The largest absolute Gasteiger partial charge is 0.367 e. The van der Waals surface area contributed by atoms with E-state index in [1.165, 1.54) is 0 Å². The number of halogens is 2. The van der Waals surface area contributed by atoms with Gasteiger partial charge in [0.05, 0.1) is 5.69 Å². The minimum atomic E-state index is -2.53. The van der Waals surface area contributed by atoms with Gasteiger partial charge in [-0.2, -0.15) is 10.1 Å². The Hall–Kier alpha value is -2.31. The number of aryl methyl sites for hydroxylation is 1. The number of alkyl halides is 2. The summed E-state index contributed by atoms with van der Waals surface area (Å²) in [5, 5.41) is 7.54. The van der Waals surface area contributed by atoms with Crippen LogP contribution in [0.1, 0.15) is 37.1 Å². The number of aromatic nitrogens is 4. The number of nitrogens with one attached hydrogen (secondary N) is 1. The second kappa shape index (κ2) is 6.06. The first kappa shape index (κ1) is 15.6. The molecule has 0 saturated heterocycles. The molecule has 1 fully saturated rings. The van der Waals surface area contributed by atoms with Crippen LogP contribution >= 0.6 is 0 Å². The fraction of sp³-hybridized carbons (Fsp3) is 0.438. The summed E-state index contributed by atoms with van der Waals surface area (Å²) in [6.07, 6.45) is 4.12. The molecule has 2 aromatic heterocycles. The van der Waals surface area contributed by atoms with Crippen molar-refractivity contribution in [3.05, 3.63) is 36.3 Å². The van der Waals surface area contributed by atoms with Gasteiger partial charge in [0, 0.05) is 36.8 Å². The van der Waals surface area contributed by atoms with Crippen LogP contribution in [0.2, 0.25) is 0 Å². The topological polar surface area (TPSA) is 55.6 Å². The lowest BCUT2D eigenvalue weighted by Crippen LogP contribution is -2.32. The van der Waals surface area contributed by atoms with Crippen LogP contribution in [-0.2, 0) is 0 Å². The van der Waals surface area contributed by atoms with Crippen LogP contribution in [0, 0.1) is 6.92 Å². The number of rotatable bonds is 4. The van der Waals surface area contributed by atoms with E-state index < -0.39 is 5.92 Å². The maximum atomic E-state index is 13.2. The molecule has 0 bridgehead atoms. The normalized spacial score (nSPS) is 17.9. The van der Waals surface area contributed by atoms with Gasteiger partial charge in [0.1, 0.15) is 5.82 Å². The first-order valence-corrected chi connectivity index (χ1v) is 7.64. The highest BCUT2D eigenvalue weighted by Crippen LogP contribution is 2.34. The van der Waals surface area contributed by atoms with Gasteiger partial charge >= 0.3 is 0 Å². The van der Waals surface area contributed by atoms with Gasteiger partial charge in [0.15, 0.2) is 0 Å². The molecule has 3 rings (SSSR count). The number of hydrogen-bond donors (Lipinski definition) is 1. The number of hydrogen-bond acceptors (Lipinski definition) is 4. The third-order valence-corrected chi connectivity index (χ3v) is 3.94. The Balaban J connectivity index is 1.77. The average molecular weight is 319 g/mol. The van der Waals surface area contributed by atoms with E-state index in [-0.39, 0.29) is 18.9 Å². The molecule has 0 unspecified atom stereocenters. The van der Waals surface area contributed by atoms with Crippen LogP contribution < -0.4 is 5.32 Å². The second-order valence-corrected chi connectivity index (χ2v) is 5.86. The van der Waals surface area contributed by atoms with E-state index in [0.717, 1.165) is 11.4 Å². The quantitative estimate of drug-likeness (QED) is 0.935. The van der Waals surface area contributed by atoms with Crippen molar-refractivity contribution in [1.82, 2.24) is 19.7 Å². The molecule has 0 spiro atoms. The third-order valence-electron chi connectivity index (χ3n) is 3.94. The molecule has 5 nitrogen and oxygen atoms in total. The van der Waals surface area contributed by atoms with Crippen LogP contribution in [0.4, 0.5) is 14.6 Å². The smallest absolute Gasteiger partial charge is 0.252 e. The number of anilines is 1. The monoisotopic (exact) mass is 319 g/mol. The van der Waals surface area contributed by atoms with Crippen LogP contribution in [0.25, 0.3) is 12.0 Å². The average Bonchev–Trinajstić information content (AvgIpc) is 2.98. The Labute approximate surface area is 133 Å². The molecule has 0 aromatic carbocycles. The molecule has 7 heteroatoms. The van der Waals surface area contributed by atoms with E-state index in [0.29, 0.717) is 24.6 Å². The van der Waals surface area contributed by atoms with Crippen molar-refractivity contribution in [3.63, 3.8) is 0 Å². The van der Waals surface area contributed by atoms with Gasteiger partial charge < -0.3 is 5.32 Å². The SMILES string of the molecule is C=Cc1ccn(-c2nc(C)cc(NC3CCC(F)(F)CC3)n2)n1. The Morgan fingerprint density at radius 1 is 1.35 bits per heavy atom. The molecule has 1 aliphatic rings. The third kappa shape index (κ3) is 3.72. The van der Waals surface area contributed by atoms with Crippen molar-refractivity contribution in [2.75, 3.05) is 5.32 Å². The predicted molar refractivity (Wildman–Crippen MR) is 84.8 cm³/mol. The molecule has 0 aliphatic heterocycles. The highest BCUT2D eigenvalue weighted by Gasteiger charge is 2.34. The van der Waals surface area contributed by atoms with Crippen LogP contribution in [0.5, 0.6) is 0 Å². The Morgan fingerprint density at radius 3 is 2.74 bits per heavy atom. The second-order valence-electron chi connectivity index (χ2n) is 5.86. The molecule has 1 N–H and O–H groups in total. The van der Waals surface area contributed by atoms with Crippen molar-refractivity contribution in [3.8, 4) is 5.95 Å². The molecule has 0 amide bonds. The zero-order valence-electron chi connectivity index (χ0n) is 13.0. The summed E-state index contributed by atoms with van der Waals surface area (Å²) in [5.74, 6) is -1.44. The summed E-state index contributed by atoms with van der Waals surface area (Å²) < 4.78 is 28.0. The van der Waals surface area contributed by atoms with E-state index in [2.05, 4.69) is 27.0 Å². The molecule has 2 heterocycles. The summed E-state index contributed by atoms with van der Waals surface area (Å²) in [4.78, 5) is 8.80. The van der Waals surface area contributed by atoms with E-state index in [4.69, 9.17) is 0 Å². The lowest BCUT2D eigenvalue weighted by atomic mass is 9.92. The highest BCUT2D eigenvalue weighted by molar-refractivity contribution is 5.42. The summed E-state index contributed by atoms with van der Waals surface area (Å²) in [5.41, 5.74) is 1.52. The Bertz CT molecular complexity index is 700. The Morgan fingerprint density at radius 2 is 2.09 bits per heavy atom. The van der Waals surface area contributed by atoms with Crippen LogP contribution in [0.3, 0.4) is 0 Å². The van der Waals surface area contributed by atoms with Crippen molar-refractivity contribution >= 4 is 11.9 Å². The van der Waals surface area contributed by atoms with Crippen molar-refractivity contribution in [2.24, 2.45) is 0 Å². The summed E-state index contributed by atoms with van der Waals surface area (Å²) in [6, 6.07) is 3.64. The zero-order chi connectivity index (χ0) is 16.4. The van der Waals surface area contributed by atoms with Gasteiger partial charge in [-0.15, -0.1) is 0 Å². The standard InChI is InChI=1S/C16H19F2N5/c1-3-12-6-9-23(22-12)15-19-11(2)10-14(21-15)20-13-4-7-16(17,18)8-5-13/h3,6,9-10,13H,1,4-5,7-8H2,2H3,(H,19,20,21). The lowest BCUT2D eigenvalue weighted by Gasteiger charge is -2.29.